The molecule has 6 rings (SSSR count). The lowest BCUT2D eigenvalue weighted by molar-refractivity contribution is 0.102. The van der Waals surface area contributed by atoms with Crippen LogP contribution in [0.5, 0.6) is 0 Å². The van der Waals surface area contributed by atoms with E-state index in [1.54, 1.807) is 24.7 Å². The number of hydrogen-bond acceptors (Lipinski definition) is 8. The second-order valence-electron chi connectivity index (χ2n) is 8.41. The zero-order valence-corrected chi connectivity index (χ0v) is 22.4. The Bertz CT molecular complexity index is 1710. The van der Waals surface area contributed by atoms with E-state index in [2.05, 4.69) is 20.3 Å². The van der Waals surface area contributed by atoms with Crippen LogP contribution in [0.2, 0.25) is 0 Å². The zero-order valence-electron chi connectivity index (χ0n) is 20.7. The van der Waals surface area contributed by atoms with Crippen molar-refractivity contribution < 1.29 is 4.79 Å². The van der Waals surface area contributed by atoms with Crippen LogP contribution in [-0.2, 0) is 0 Å². The Labute approximate surface area is 234 Å². The van der Waals surface area contributed by atoms with E-state index >= 15 is 0 Å². The predicted octanol–water partition coefficient (Wildman–Crippen LogP) is 6.65. The highest BCUT2D eigenvalue weighted by atomic mass is 35.5. The number of nitrogens with zero attached hydrogens (tertiary/aromatic N) is 6. The van der Waals surface area contributed by atoms with Crippen LogP contribution in [0, 0.1) is 0 Å². The lowest BCUT2D eigenvalue weighted by Gasteiger charge is -2.18. The summed E-state index contributed by atoms with van der Waals surface area (Å²) in [6.45, 7) is 0. The second-order valence-corrected chi connectivity index (χ2v) is 9.44. The summed E-state index contributed by atoms with van der Waals surface area (Å²) in [5.41, 5.74) is 3.38. The van der Waals surface area contributed by atoms with Gasteiger partial charge < -0.3 is 10.2 Å². The quantitative estimate of drug-likeness (QED) is 0.247. The van der Waals surface area contributed by atoms with Crippen molar-refractivity contribution in [1.29, 1.82) is 0 Å². The smallest absolute Gasteiger partial charge is 0.274 e. The lowest BCUT2D eigenvalue weighted by Crippen LogP contribution is -2.18. The van der Waals surface area contributed by atoms with Gasteiger partial charge in [-0.1, -0.05) is 48.5 Å². The topological polar surface area (TPSA) is 96.8 Å². The first-order chi connectivity index (χ1) is 18.7. The molecule has 0 aliphatic heterocycles. The summed E-state index contributed by atoms with van der Waals surface area (Å²) in [5.74, 6) is 1.35. The van der Waals surface area contributed by atoms with E-state index in [0.29, 0.717) is 23.1 Å². The number of hydrogen-bond donors (Lipinski definition) is 1. The molecule has 0 fully saturated rings. The second kappa shape index (κ2) is 11.3. The minimum atomic E-state index is -0.351. The Morgan fingerprint density at radius 2 is 1.64 bits per heavy atom. The zero-order chi connectivity index (χ0) is 25.9. The largest absolute Gasteiger partial charge is 0.320 e. The normalized spacial score (nSPS) is 10.6. The van der Waals surface area contributed by atoms with Gasteiger partial charge in [-0.3, -0.25) is 9.78 Å². The number of benzene rings is 2. The summed E-state index contributed by atoms with van der Waals surface area (Å²) in [6, 6.07) is 26.4. The predicted molar refractivity (Wildman–Crippen MR) is 158 cm³/mol. The molecule has 6 aromatic rings. The van der Waals surface area contributed by atoms with Gasteiger partial charge in [-0.2, -0.15) is 0 Å². The molecule has 1 amide bonds. The average molecular weight is 552 g/mol. The Morgan fingerprint density at radius 3 is 2.44 bits per heavy atom. The van der Waals surface area contributed by atoms with Crippen LogP contribution >= 0.6 is 23.7 Å². The van der Waals surface area contributed by atoms with Crippen molar-refractivity contribution in [2.45, 2.75) is 0 Å². The van der Waals surface area contributed by atoms with Crippen LogP contribution < -0.4 is 10.2 Å². The van der Waals surface area contributed by atoms with Crippen LogP contribution in [-0.4, -0.2) is 37.9 Å². The molecule has 4 aromatic heterocycles. The Morgan fingerprint density at radius 1 is 0.846 bits per heavy atom. The van der Waals surface area contributed by atoms with Gasteiger partial charge in [0.25, 0.3) is 5.91 Å². The summed E-state index contributed by atoms with van der Waals surface area (Å²) >= 11 is 1.53. The van der Waals surface area contributed by atoms with Gasteiger partial charge in [-0.25, -0.2) is 19.9 Å². The summed E-state index contributed by atoms with van der Waals surface area (Å²) in [5, 5.41) is 3.84. The van der Waals surface area contributed by atoms with Gasteiger partial charge in [0, 0.05) is 42.8 Å². The third-order valence-corrected chi connectivity index (χ3v) is 6.95. The maximum Gasteiger partial charge on any atom is 0.274 e. The minimum Gasteiger partial charge on any atom is -0.320 e. The molecular weight excluding hydrogens is 530 g/mol. The van der Waals surface area contributed by atoms with Gasteiger partial charge in [0.05, 0.1) is 15.9 Å². The monoisotopic (exact) mass is 551 g/mol. The first-order valence-electron chi connectivity index (χ1n) is 11.9. The van der Waals surface area contributed by atoms with Crippen LogP contribution in [0.3, 0.4) is 0 Å². The van der Waals surface area contributed by atoms with E-state index in [9.17, 15) is 4.79 Å². The Kier molecular flexibility index (Phi) is 7.53. The number of carbonyl (C=O) groups is 1. The molecule has 0 unspecified atom stereocenters. The number of carbonyl (C=O) groups excluding carboxylic acids is 1. The molecule has 0 saturated carbocycles. The van der Waals surface area contributed by atoms with Crippen molar-refractivity contribution in [3.05, 3.63) is 109 Å². The van der Waals surface area contributed by atoms with Crippen LogP contribution in [0.4, 0.5) is 17.3 Å². The van der Waals surface area contributed by atoms with Gasteiger partial charge in [0.15, 0.2) is 5.82 Å². The van der Waals surface area contributed by atoms with Crippen LogP contribution in [0.1, 0.15) is 10.5 Å². The standard InChI is InChI=1S/C29H21N7OS.ClH/c1-36(25-13-7-8-15-31-25)26-17-23(32-27(35-26)19-9-3-2-4-10-19)28(37)33-21-12-6-5-11-20(21)29-34-22-14-16-30-18-24(22)38-29;/h2-18H,1H3,(H,33,37);1H. The summed E-state index contributed by atoms with van der Waals surface area (Å²) in [7, 11) is 1.86. The van der Waals surface area contributed by atoms with Crippen molar-refractivity contribution >= 4 is 57.2 Å². The summed E-state index contributed by atoms with van der Waals surface area (Å²) < 4.78 is 0.981. The van der Waals surface area contributed by atoms with Gasteiger partial charge in [-0.05, 0) is 30.3 Å². The highest BCUT2D eigenvalue weighted by molar-refractivity contribution is 7.21. The maximum absolute atomic E-state index is 13.6. The molecule has 10 heteroatoms. The highest BCUT2D eigenvalue weighted by Gasteiger charge is 2.18. The first-order valence-corrected chi connectivity index (χ1v) is 12.7. The van der Waals surface area contributed by atoms with E-state index in [1.807, 2.05) is 90.8 Å². The van der Waals surface area contributed by atoms with Gasteiger partial charge in [0.1, 0.15) is 22.3 Å². The molecule has 1 N–H and O–H groups in total. The number of fused-ring (bicyclic) bond motifs is 1. The number of pyridine rings is 2. The molecule has 8 nitrogen and oxygen atoms in total. The van der Waals surface area contributed by atoms with Crippen molar-refractivity contribution in [1.82, 2.24) is 24.9 Å². The number of rotatable bonds is 6. The molecule has 4 heterocycles. The number of anilines is 3. The minimum absolute atomic E-state index is 0. The highest BCUT2D eigenvalue weighted by Crippen LogP contribution is 2.34. The first kappa shape index (κ1) is 25.9. The van der Waals surface area contributed by atoms with Gasteiger partial charge >= 0.3 is 0 Å². The number of para-hydroxylation sites is 1. The SMILES string of the molecule is CN(c1ccccn1)c1cc(C(=O)Nc2ccccc2-c2nc3ccncc3s2)nc(-c2ccccc2)n1.Cl. The molecular formula is C29H22ClN7OS. The third-order valence-electron chi connectivity index (χ3n) is 5.91. The van der Waals surface area contributed by atoms with Crippen LogP contribution in [0.15, 0.2) is 104 Å². The number of aromatic nitrogens is 5. The fourth-order valence-electron chi connectivity index (χ4n) is 3.97. The molecule has 0 bridgehead atoms. The van der Waals surface area contributed by atoms with Crippen molar-refractivity contribution in [2.24, 2.45) is 0 Å². The third kappa shape index (κ3) is 5.45. The van der Waals surface area contributed by atoms with Crippen molar-refractivity contribution in [3.8, 4) is 22.0 Å². The molecule has 2 aromatic carbocycles. The van der Waals surface area contributed by atoms with E-state index in [4.69, 9.17) is 9.97 Å². The maximum atomic E-state index is 13.6. The molecule has 0 atom stereocenters. The van der Waals surface area contributed by atoms with E-state index in [1.165, 1.54) is 11.3 Å². The lowest BCUT2D eigenvalue weighted by atomic mass is 10.1. The number of halogens is 1. The number of nitrogens with one attached hydrogen (secondary N) is 1. The number of amides is 1. The molecule has 0 saturated heterocycles. The van der Waals surface area contributed by atoms with Crippen molar-refractivity contribution in [3.63, 3.8) is 0 Å². The molecule has 192 valence electrons. The van der Waals surface area contributed by atoms with Gasteiger partial charge in [0.2, 0.25) is 0 Å². The fourth-order valence-corrected chi connectivity index (χ4v) is 4.94. The fraction of sp³-hybridized carbons (Fsp3) is 0.0345. The van der Waals surface area contributed by atoms with Crippen molar-refractivity contribution in [2.75, 3.05) is 17.3 Å². The molecule has 0 radical (unpaired) electrons. The van der Waals surface area contributed by atoms with E-state index < -0.39 is 0 Å². The van der Waals surface area contributed by atoms with Gasteiger partial charge in [-0.15, -0.1) is 23.7 Å². The van der Waals surface area contributed by atoms with E-state index in [-0.39, 0.29) is 24.0 Å². The number of thiazole rings is 1. The summed E-state index contributed by atoms with van der Waals surface area (Å²) in [4.78, 5) is 38.1. The Hall–Kier alpha value is -4.73. The molecule has 39 heavy (non-hydrogen) atoms. The average Bonchev–Trinajstić information content (AvgIpc) is 3.42. The molecule has 0 spiro atoms. The Balaban J connectivity index is 0.00000308. The van der Waals surface area contributed by atoms with E-state index in [0.717, 1.165) is 26.4 Å². The molecule has 0 aliphatic rings. The van der Waals surface area contributed by atoms with Crippen LogP contribution in [0.25, 0.3) is 32.2 Å². The molecule has 0 aliphatic carbocycles. The summed E-state index contributed by atoms with van der Waals surface area (Å²) in [6.07, 6.45) is 5.23.